The van der Waals surface area contributed by atoms with Crippen LogP contribution in [0.5, 0.6) is 11.8 Å². The highest BCUT2D eigenvalue weighted by molar-refractivity contribution is 6.05. The summed E-state index contributed by atoms with van der Waals surface area (Å²) in [7, 11) is 0. The lowest BCUT2D eigenvalue weighted by Crippen LogP contribution is -2.10. The fourth-order valence-corrected chi connectivity index (χ4v) is 3.35. The molecule has 2 heterocycles. The van der Waals surface area contributed by atoms with Gasteiger partial charge in [0.05, 0.1) is 6.54 Å². The number of hydrogen-bond acceptors (Lipinski definition) is 5. The first-order valence-electron chi connectivity index (χ1n) is 9.29. The molecule has 1 aromatic heterocycles. The molecule has 29 heavy (non-hydrogen) atoms. The van der Waals surface area contributed by atoms with Crippen LogP contribution in [0, 0.1) is 18.6 Å². The second-order valence-corrected chi connectivity index (χ2v) is 7.06. The number of allylic oxidation sites excluding steroid dienone is 2. The average Bonchev–Trinajstić information content (AvgIpc) is 3.26. The number of aromatic nitrogens is 2. The standard InChI is InChI=1S/C22H20F2N4O/c1-4-5-14-9-19(25-11-14)27-20-8-13(3)26-22(28-20)29-18-10-17(23)15-6-12(2)7-16(15)21(18)24/h4-5,7-10H,6,11H2,1-3H3,(H,25,26,27,28)/b5-4+. The Morgan fingerprint density at radius 1 is 1.14 bits per heavy atom. The van der Waals surface area contributed by atoms with Crippen molar-refractivity contribution in [3.63, 3.8) is 0 Å². The molecular weight excluding hydrogens is 374 g/mol. The largest absolute Gasteiger partial charge is 0.421 e. The molecule has 0 radical (unpaired) electrons. The van der Waals surface area contributed by atoms with Gasteiger partial charge >= 0.3 is 6.01 Å². The van der Waals surface area contributed by atoms with Gasteiger partial charge < -0.3 is 10.1 Å². The molecule has 5 nitrogen and oxygen atoms in total. The second-order valence-electron chi connectivity index (χ2n) is 7.06. The Hall–Kier alpha value is -3.35. The van der Waals surface area contributed by atoms with E-state index in [1.54, 1.807) is 19.1 Å². The molecule has 2 aliphatic rings. The number of rotatable bonds is 4. The molecule has 0 amide bonds. The molecule has 4 rings (SSSR count). The zero-order chi connectivity index (χ0) is 20.5. The molecule has 148 valence electrons. The van der Waals surface area contributed by atoms with Crippen LogP contribution in [0.15, 0.2) is 46.5 Å². The number of hydrogen-bond donors (Lipinski definition) is 1. The van der Waals surface area contributed by atoms with Crippen molar-refractivity contribution < 1.29 is 13.5 Å². The highest BCUT2D eigenvalue weighted by Crippen LogP contribution is 2.35. The Morgan fingerprint density at radius 2 is 1.97 bits per heavy atom. The van der Waals surface area contributed by atoms with Crippen LogP contribution in [0.2, 0.25) is 0 Å². The van der Waals surface area contributed by atoms with E-state index in [1.165, 1.54) is 0 Å². The van der Waals surface area contributed by atoms with E-state index in [2.05, 4.69) is 20.3 Å². The lowest BCUT2D eigenvalue weighted by atomic mass is 10.1. The van der Waals surface area contributed by atoms with Crippen molar-refractivity contribution >= 4 is 17.7 Å². The molecule has 0 bridgehead atoms. The van der Waals surface area contributed by atoms with E-state index >= 15 is 0 Å². The Balaban J connectivity index is 1.60. The molecule has 7 heteroatoms. The summed E-state index contributed by atoms with van der Waals surface area (Å²) in [4.78, 5) is 12.8. The average molecular weight is 394 g/mol. The van der Waals surface area contributed by atoms with Crippen molar-refractivity contribution in [1.82, 2.24) is 9.97 Å². The number of amidine groups is 1. The van der Waals surface area contributed by atoms with Crippen LogP contribution in [0.3, 0.4) is 0 Å². The molecule has 2 aromatic rings. The molecular formula is C22H20F2N4O. The van der Waals surface area contributed by atoms with Gasteiger partial charge in [0, 0.05) is 29.0 Å². The monoisotopic (exact) mass is 394 g/mol. The van der Waals surface area contributed by atoms with Gasteiger partial charge in [-0.1, -0.05) is 23.8 Å². The number of ether oxygens (including phenoxy) is 1. The quantitative estimate of drug-likeness (QED) is 0.780. The summed E-state index contributed by atoms with van der Waals surface area (Å²) in [6.45, 7) is 6.14. The maximum Gasteiger partial charge on any atom is 0.324 e. The van der Waals surface area contributed by atoms with Crippen LogP contribution in [-0.2, 0) is 6.42 Å². The smallest absolute Gasteiger partial charge is 0.324 e. The Bertz CT molecular complexity index is 1120. The maximum absolute atomic E-state index is 14.8. The molecule has 0 saturated carbocycles. The highest BCUT2D eigenvalue weighted by Gasteiger charge is 2.23. The zero-order valence-electron chi connectivity index (χ0n) is 16.4. The summed E-state index contributed by atoms with van der Waals surface area (Å²) in [5.41, 5.74) is 3.17. The molecule has 1 aromatic carbocycles. The molecule has 1 aliphatic carbocycles. The van der Waals surface area contributed by atoms with Gasteiger partial charge in [0.15, 0.2) is 11.6 Å². The predicted octanol–water partition coefficient (Wildman–Crippen LogP) is 5.14. The number of anilines is 1. The van der Waals surface area contributed by atoms with Crippen molar-refractivity contribution in [3.8, 4) is 11.8 Å². The van der Waals surface area contributed by atoms with Gasteiger partial charge in [-0.25, -0.2) is 13.8 Å². The highest BCUT2D eigenvalue weighted by atomic mass is 19.1. The number of nitrogens with zero attached hydrogens (tertiary/aromatic N) is 3. The van der Waals surface area contributed by atoms with Gasteiger partial charge in [0.2, 0.25) is 0 Å². The lowest BCUT2D eigenvalue weighted by Gasteiger charge is -2.11. The van der Waals surface area contributed by atoms with Gasteiger partial charge in [-0.15, -0.1) is 0 Å². The summed E-state index contributed by atoms with van der Waals surface area (Å²) in [5.74, 6) is -0.230. The maximum atomic E-state index is 14.8. The number of halogens is 2. The fraction of sp³-hybridized carbons (Fsp3) is 0.227. The summed E-state index contributed by atoms with van der Waals surface area (Å²) < 4.78 is 34.7. The van der Waals surface area contributed by atoms with Crippen molar-refractivity contribution in [2.24, 2.45) is 4.99 Å². The van der Waals surface area contributed by atoms with Crippen LogP contribution in [-0.4, -0.2) is 22.3 Å². The van der Waals surface area contributed by atoms with Crippen molar-refractivity contribution in [2.75, 3.05) is 11.9 Å². The molecule has 0 unspecified atom stereocenters. The van der Waals surface area contributed by atoms with E-state index < -0.39 is 11.6 Å². The van der Waals surface area contributed by atoms with E-state index in [9.17, 15) is 8.78 Å². The van der Waals surface area contributed by atoms with Crippen molar-refractivity contribution in [2.45, 2.75) is 27.2 Å². The minimum Gasteiger partial charge on any atom is -0.421 e. The van der Waals surface area contributed by atoms with Crippen LogP contribution in [0.1, 0.15) is 30.7 Å². The summed E-state index contributed by atoms with van der Waals surface area (Å²) >= 11 is 0. The molecule has 1 aliphatic heterocycles. The van der Waals surface area contributed by atoms with E-state index in [-0.39, 0.29) is 17.3 Å². The molecule has 0 saturated heterocycles. The fourth-order valence-electron chi connectivity index (χ4n) is 3.35. The van der Waals surface area contributed by atoms with Gasteiger partial charge in [-0.05, 0) is 38.8 Å². The SMILES string of the molecule is C/C=C/C1=CC(Nc2cc(C)nc(Oc3cc(F)c4c(c3F)C=C(C)C4)n2)=NC1. The summed E-state index contributed by atoms with van der Waals surface area (Å²) in [6.07, 6.45) is 7.89. The number of nitrogens with one attached hydrogen (secondary N) is 1. The van der Waals surface area contributed by atoms with E-state index in [0.29, 0.717) is 35.9 Å². The van der Waals surface area contributed by atoms with E-state index in [4.69, 9.17) is 4.74 Å². The van der Waals surface area contributed by atoms with Crippen LogP contribution >= 0.6 is 0 Å². The van der Waals surface area contributed by atoms with Crippen LogP contribution < -0.4 is 10.1 Å². The molecule has 0 atom stereocenters. The van der Waals surface area contributed by atoms with Crippen LogP contribution in [0.4, 0.5) is 14.6 Å². The minimum absolute atomic E-state index is 0.0688. The first-order valence-corrected chi connectivity index (χ1v) is 9.29. The third kappa shape index (κ3) is 3.94. The minimum atomic E-state index is -0.614. The van der Waals surface area contributed by atoms with Crippen LogP contribution in [0.25, 0.3) is 6.08 Å². The number of aliphatic imine (C=N–C) groups is 1. The van der Waals surface area contributed by atoms with Gasteiger partial charge in [-0.3, -0.25) is 4.99 Å². The topological polar surface area (TPSA) is 59.4 Å². The third-order valence-electron chi connectivity index (χ3n) is 4.60. The molecule has 1 N–H and O–H groups in total. The summed E-state index contributed by atoms with van der Waals surface area (Å²) in [5, 5.41) is 3.10. The predicted molar refractivity (Wildman–Crippen MR) is 109 cm³/mol. The Morgan fingerprint density at radius 3 is 2.76 bits per heavy atom. The number of aryl methyl sites for hydroxylation is 1. The second kappa shape index (κ2) is 7.58. The van der Waals surface area contributed by atoms with E-state index in [1.807, 2.05) is 32.1 Å². The van der Waals surface area contributed by atoms with Crippen molar-refractivity contribution in [1.29, 1.82) is 0 Å². The molecule has 0 spiro atoms. The third-order valence-corrected chi connectivity index (χ3v) is 4.60. The van der Waals surface area contributed by atoms with Crippen molar-refractivity contribution in [3.05, 3.63) is 70.0 Å². The zero-order valence-corrected chi connectivity index (χ0v) is 16.4. The van der Waals surface area contributed by atoms with E-state index in [0.717, 1.165) is 17.2 Å². The number of benzene rings is 1. The first kappa shape index (κ1) is 19.0. The van der Waals surface area contributed by atoms with Gasteiger partial charge in [0.1, 0.15) is 17.5 Å². The van der Waals surface area contributed by atoms with Gasteiger partial charge in [0.25, 0.3) is 0 Å². The lowest BCUT2D eigenvalue weighted by molar-refractivity contribution is 0.405. The normalized spacial score (nSPS) is 15.3. The number of fused-ring (bicyclic) bond motifs is 1. The Kier molecular flexibility index (Phi) is 4.96. The Labute approximate surface area is 167 Å². The molecule has 0 fully saturated rings. The summed E-state index contributed by atoms with van der Waals surface area (Å²) in [6, 6.07) is 2.70. The first-order chi connectivity index (χ1) is 13.9. The van der Waals surface area contributed by atoms with Gasteiger partial charge in [-0.2, -0.15) is 4.98 Å².